The summed E-state index contributed by atoms with van der Waals surface area (Å²) in [6.45, 7) is 8.30. The summed E-state index contributed by atoms with van der Waals surface area (Å²) in [7, 11) is 3.94. The molecule has 0 radical (unpaired) electrons. The van der Waals surface area contributed by atoms with E-state index in [1.165, 1.54) is 0 Å². The average molecular weight is 351 g/mol. The second-order valence-corrected chi connectivity index (χ2v) is 6.73. The van der Waals surface area contributed by atoms with Crippen LogP contribution in [0, 0.1) is 13.8 Å². The molecule has 0 bridgehead atoms. The Hall–Kier alpha value is -1.82. The Kier molecular flexibility index (Phi) is 9.27. The minimum absolute atomic E-state index is 0.0183. The van der Waals surface area contributed by atoms with Crippen molar-refractivity contribution in [3.63, 3.8) is 0 Å². The van der Waals surface area contributed by atoms with Gasteiger partial charge in [0.25, 0.3) is 5.91 Å². The van der Waals surface area contributed by atoms with Crippen LogP contribution in [-0.2, 0) is 4.79 Å². The van der Waals surface area contributed by atoms with E-state index >= 15 is 0 Å². The number of hydrogen-bond acceptors (Lipinski definition) is 4. The van der Waals surface area contributed by atoms with Gasteiger partial charge in [-0.1, -0.05) is 19.8 Å². The Morgan fingerprint density at radius 1 is 1.12 bits per heavy atom. The van der Waals surface area contributed by atoms with Crippen LogP contribution in [0.4, 0.5) is 0 Å². The number of carbonyl (C=O) groups is 2. The molecule has 142 valence electrons. The van der Waals surface area contributed by atoms with Gasteiger partial charge >= 0.3 is 0 Å². The maximum absolute atomic E-state index is 12.8. The van der Waals surface area contributed by atoms with E-state index in [-0.39, 0.29) is 11.8 Å². The van der Waals surface area contributed by atoms with Crippen molar-refractivity contribution in [3.05, 3.63) is 23.2 Å². The van der Waals surface area contributed by atoms with Crippen molar-refractivity contribution in [3.8, 4) is 0 Å². The molecule has 2 amide bonds. The molecule has 1 aromatic rings. The smallest absolute Gasteiger partial charge is 0.257 e. The second kappa shape index (κ2) is 10.9. The van der Waals surface area contributed by atoms with E-state index in [9.17, 15) is 9.59 Å². The molecular weight excluding hydrogens is 318 g/mol. The van der Waals surface area contributed by atoms with Crippen LogP contribution in [0.3, 0.4) is 0 Å². The first-order chi connectivity index (χ1) is 11.8. The van der Waals surface area contributed by atoms with Crippen LogP contribution in [0.5, 0.6) is 0 Å². The number of rotatable bonds is 11. The number of nitrogens with one attached hydrogen (secondary N) is 1. The molecule has 6 nitrogen and oxygen atoms in total. The highest BCUT2D eigenvalue weighted by Crippen LogP contribution is 2.17. The van der Waals surface area contributed by atoms with Crippen LogP contribution in [0.15, 0.2) is 10.5 Å². The van der Waals surface area contributed by atoms with Crippen molar-refractivity contribution in [2.24, 2.45) is 0 Å². The van der Waals surface area contributed by atoms with E-state index < -0.39 is 0 Å². The first-order valence-corrected chi connectivity index (χ1v) is 9.12. The van der Waals surface area contributed by atoms with Gasteiger partial charge in [-0.05, 0) is 40.4 Å². The third kappa shape index (κ3) is 7.73. The molecule has 1 rings (SSSR count). The van der Waals surface area contributed by atoms with Gasteiger partial charge in [-0.3, -0.25) is 9.59 Å². The molecule has 0 fully saturated rings. The lowest BCUT2D eigenvalue weighted by molar-refractivity contribution is -0.121. The molecule has 0 spiro atoms. The van der Waals surface area contributed by atoms with Gasteiger partial charge in [-0.2, -0.15) is 0 Å². The van der Waals surface area contributed by atoms with E-state index in [0.717, 1.165) is 31.6 Å². The molecule has 25 heavy (non-hydrogen) atoms. The third-order valence-electron chi connectivity index (χ3n) is 4.08. The lowest BCUT2D eigenvalue weighted by Crippen LogP contribution is -2.37. The van der Waals surface area contributed by atoms with E-state index in [2.05, 4.69) is 12.2 Å². The molecule has 0 aliphatic heterocycles. The molecule has 0 saturated heterocycles. The third-order valence-corrected chi connectivity index (χ3v) is 4.08. The molecule has 0 saturated carbocycles. The SMILES string of the molecule is CCCCCN(CCC(=O)NCCN(C)C)C(=O)c1cc(C)oc1C. The van der Waals surface area contributed by atoms with E-state index in [0.29, 0.717) is 37.4 Å². The monoisotopic (exact) mass is 351 g/mol. The normalized spacial score (nSPS) is 11.0. The quantitative estimate of drug-likeness (QED) is 0.622. The van der Waals surface area contributed by atoms with Crippen molar-refractivity contribution < 1.29 is 14.0 Å². The van der Waals surface area contributed by atoms with Gasteiger partial charge in [0.15, 0.2) is 0 Å². The highest BCUT2D eigenvalue weighted by atomic mass is 16.3. The number of furan rings is 1. The second-order valence-electron chi connectivity index (χ2n) is 6.73. The Balaban J connectivity index is 2.62. The molecule has 0 aliphatic rings. The largest absolute Gasteiger partial charge is 0.466 e. The molecule has 0 atom stereocenters. The summed E-state index contributed by atoms with van der Waals surface area (Å²) in [5.74, 6) is 1.30. The predicted molar refractivity (Wildman–Crippen MR) is 99.8 cm³/mol. The van der Waals surface area contributed by atoms with Gasteiger partial charge in [0, 0.05) is 32.6 Å². The first-order valence-electron chi connectivity index (χ1n) is 9.12. The Bertz CT molecular complexity index is 552. The van der Waals surface area contributed by atoms with Gasteiger partial charge in [0.1, 0.15) is 11.5 Å². The number of aryl methyl sites for hydroxylation is 2. The van der Waals surface area contributed by atoms with Crippen molar-refractivity contribution in [1.82, 2.24) is 15.1 Å². The number of nitrogens with zero attached hydrogens (tertiary/aromatic N) is 2. The highest BCUT2D eigenvalue weighted by molar-refractivity contribution is 5.95. The van der Waals surface area contributed by atoms with Gasteiger partial charge in [0.05, 0.1) is 5.56 Å². The molecule has 1 N–H and O–H groups in total. The lowest BCUT2D eigenvalue weighted by atomic mass is 10.2. The van der Waals surface area contributed by atoms with Crippen molar-refractivity contribution in [1.29, 1.82) is 0 Å². The van der Waals surface area contributed by atoms with Gasteiger partial charge < -0.3 is 19.5 Å². The average Bonchev–Trinajstić information content (AvgIpc) is 2.88. The van der Waals surface area contributed by atoms with Crippen LogP contribution >= 0.6 is 0 Å². The molecule has 1 aromatic heterocycles. The van der Waals surface area contributed by atoms with Crippen molar-refractivity contribution >= 4 is 11.8 Å². The molecule has 0 aliphatic carbocycles. The number of hydrogen-bond donors (Lipinski definition) is 1. The zero-order valence-corrected chi connectivity index (χ0v) is 16.4. The van der Waals surface area contributed by atoms with Crippen molar-refractivity contribution in [2.75, 3.05) is 40.3 Å². The zero-order valence-electron chi connectivity index (χ0n) is 16.4. The van der Waals surface area contributed by atoms with Crippen LogP contribution in [0.1, 0.15) is 54.5 Å². The fraction of sp³-hybridized carbons (Fsp3) is 0.684. The summed E-state index contributed by atoms with van der Waals surface area (Å²) in [4.78, 5) is 28.6. The fourth-order valence-corrected chi connectivity index (χ4v) is 2.62. The van der Waals surface area contributed by atoms with E-state index in [1.807, 2.05) is 25.9 Å². The maximum Gasteiger partial charge on any atom is 0.257 e. The maximum atomic E-state index is 12.8. The van der Waals surface area contributed by atoms with Gasteiger partial charge in [-0.25, -0.2) is 0 Å². The first kappa shape index (κ1) is 21.2. The number of amides is 2. The molecule has 0 aromatic carbocycles. The summed E-state index contributed by atoms with van der Waals surface area (Å²) < 4.78 is 5.48. The number of carbonyl (C=O) groups excluding carboxylic acids is 2. The van der Waals surface area contributed by atoms with Crippen LogP contribution < -0.4 is 5.32 Å². The number of likely N-dealkylation sites (N-methyl/N-ethyl adjacent to an activating group) is 1. The zero-order chi connectivity index (χ0) is 18.8. The standard InChI is InChI=1S/C19H33N3O3/c1-6-7-8-11-22(12-9-18(23)20-10-13-21(4)5)19(24)17-14-15(2)25-16(17)3/h14H,6-13H2,1-5H3,(H,20,23). The Labute approximate surface area is 151 Å². The van der Waals surface area contributed by atoms with Crippen LogP contribution in [0.2, 0.25) is 0 Å². The van der Waals surface area contributed by atoms with Crippen LogP contribution in [0.25, 0.3) is 0 Å². The molecule has 6 heteroatoms. The Morgan fingerprint density at radius 3 is 2.40 bits per heavy atom. The minimum Gasteiger partial charge on any atom is -0.466 e. The highest BCUT2D eigenvalue weighted by Gasteiger charge is 2.20. The van der Waals surface area contributed by atoms with Gasteiger partial charge in [-0.15, -0.1) is 0 Å². The summed E-state index contributed by atoms with van der Waals surface area (Å²) in [5, 5.41) is 2.89. The van der Waals surface area contributed by atoms with Gasteiger partial charge in [0.2, 0.25) is 5.91 Å². The molecular formula is C19H33N3O3. The number of unbranched alkanes of at least 4 members (excludes halogenated alkanes) is 2. The topological polar surface area (TPSA) is 65.8 Å². The van der Waals surface area contributed by atoms with E-state index in [4.69, 9.17) is 4.42 Å². The van der Waals surface area contributed by atoms with E-state index in [1.54, 1.807) is 17.9 Å². The summed E-state index contributed by atoms with van der Waals surface area (Å²) in [6, 6.07) is 1.78. The molecule has 0 unspecified atom stereocenters. The van der Waals surface area contributed by atoms with Crippen molar-refractivity contribution in [2.45, 2.75) is 46.5 Å². The molecule has 1 heterocycles. The summed E-state index contributed by atoms with van der Waals surface area (Å²) in [6.07, 6.45) is 3.43. The Morgan fingerprint density at radius 2 is 1.84 bits per heavy atom. The fourth-order valence-electron chi connectivity index (χ4n) is 2.62. The summed E-state index contributed by atoms with van der Waals surface area (Å²) in [5.41, 5.74) is 0.599. The predicted octanol–water partition coefficient (Wildman–Crippen LogP) is 2.60. The lowest BCUT2D eigenvalue weighted by Gasteiger charge is -2.22. The van der Waals surface area contributed by atoms with Crippen LogP contribution in [-0.4, -0.2) is 61.9 Å². The summed E-state index contributed by atoms with van der Waals surface area (Å²) >= 11 is 0. The minimum atomic E-state index is -0.0495.